The molecule has 0 saturated carbocycles. The molecule has 1 aliphatic rings. The molecule has 1 fully saturated rings. The van der Waals surface area contributed by atoms with Gasteiger partial charge in [-0.05, 0) is 33.7 Å². The topological polar surface area (TPSA) is 36.1 Å². The molecule has 3 nitrogen and oxygen atoms in total. The average molecular weight is 471 g/mol. The molecular weight excluding hydrogens is 448 g/mol. The highest BCUT2D eigenvalue weighted by Gasteiger charge is 2.38. The van der Waals surface area contributed by atoms with Crippen LogP contribution in [0.4, 0.5) is 5.69 Å². The zero-order valence-corrected chi connectivity index (χ0v) is 19.8. The molecule has 5 aromatic carbocycles. The van der Waals surface area contributed by atoms with Crippen LogP contribution in [0, 0.1) is 0 Å². The molecule has 6 aromatic rings. The minimum absolute atomic E-state index is 0.125. The summed E-state index contributed by atoms with van der Waals surface area (Å²) in [6.45, 7) is 0. The molecule has 1 unspecified atom stereocenters. The second-order valence-electron chi connectivity index (χ2n) is 8.92. The van der Waals surface area contributed by atoms with Crippen LogP contribution in [0.3, 0.4) is 0 Å². The van der Waals surface area contributed by atoms with Crippen LogP contribution >= 0.6 is 11.8 Å². The molecule has 1 N–H and O–H groups in total. The molecule has 7 rings (SSSR count). The van der Waals surface area contributed by atoms with Crippen molar-refractivity contribution in [3.8, 4) is 11.3 Å². The van der Waals surface area contributed by atoms with E-state index in [1.54, 1.807) is 11.8 Å². The largest absolute Gasteiger partial charge is 0.353 e. The Balaban J connectivity index is 1.53. The van der Waals surface area contributed by atoms with Crippen LogP contribution in [-0.4, -0.2) is 16.6 Å². The van der Waals surface area contributed by atoms with E-state index in [9.17, 15) is 4.79 Å². The van der Waals surface area contributed by atoms with E-state index in [1.165, 1.54) is 27.1 Å². The smallest absolute Gasteiger partial charge is 0.238 e. The third-order valence-electron chi connectivity index (χ3n) is 6.91. The molecule has 35 heavy (non-hydrogen) atoms. The van der Waals surface area contributed by atoms with Gasteiger partial charge in [0.1, 0.15) is 5.37 Å². The lowest BCUT2D eigenvalue weighted by molar-refractivity contribution is -0.115. The number of anilines is 1. The van der Waals surface area contributed by atoms with Gasteiger partial charge in [0.15, 0.2) is 0 Å². The van der Waals surface area contributed by atoms with E-state index in [2.05, 4.69) is 83.8 Å². The molecular formula is C31H22N2OS. The van der Waals surface area contributed by atoms with Crippen molar-refractivity contribution >= 4 is 55.8 Å². The van der Waals surface area contributed by atoms with Gasteiger partial charge in [0.25, 0.3) is 0 Å². The van der Waals surface area contributed by atoms with E-state index in [0.717, 1.165) is 27.8 Å². The molecule has 2 heterocycles. The number of amides is 1. The molecule has 1 aliphatic heterocycles. The van der Waals surface area contributed by atoms with Crippen LogP contribution in [0.1, 0.15) is 10.9 Å². The lowest BCUT2D eigenvalue weighted by Crippen LogP contribution is -2.28. The number of nitrogens with one attached hydrogen (secondary N) is 1. The molecule has 4 heteroatoms. The Hall–Kier alpha value is -4.02. The Morgan fingerprint density at radius 3 is 2.03 bits per heavy atom. The fourth-order valence-corrected chi connectivity index (χ4v) is 6.62. The first kappa shape index (κ1) is 20.4. The molecule has 0 radical (unpaired) electrons. The second-order valence-corrected chi connectivity index (χ2v) is 9.99. The summed E-state index contributed by atoms with van der Waals surface area (Å²) >= 11 is 1.71. The lowest BCUT2D eigenvalue weighted by atomic mass is 9.96. The van der Waals surface area contributed by atoms with Crippen molar-refractivity contribution < 1.29 is 4.79 Å². The van der Waals surface area contributed by atoms with Crippen molar-refractivity contribution in [1.29, 1.82) is 0 Å². The summed E-state index contributed by atoms with van der Waals surface area (Å²) in [5, 5.41) is 5.73. The van der Waals surface area contributed by atoms with E-state index in [1.807, 2.05) is 35.2 Å². The van der Waals surface area contributed by atoms with Crippen LogP contribution in [0.5, 0.6) is 0 Å². The summed E-state index contributed by atoms with van der Waals surface area (Å²) < 4.78 is 0. The molecule has 168 valence electrons. The molecule has 0 aliphatic carbocycles. The predicted octanol–water partition coefficient (Wildman–Crippen LogP) is 7.92. The number of hydrogen-bond acceptors (Lipinski definition) is 2. The van der Waals surface area contributed by atoms with E-state index in [-0.39, 0.29) is 11.3 Å². The zero-order valence-electron chi connectivity index (χ0n) is 18.9. The SMILES string of the molecule is O=C1CSC(c2c3ccccc3cc3ccccc23)N1c1c(-c2ccccc2)[nH]c2ccccc12. The number of thioether (sulfide) groups is 1. The number of aromatic nitrogens is 1. The first-order valence-corrected chi connectivity index (χ1v) is 12.8. The van der Waals surface area contributed by atoms with Gasteiger partial charge in [0.05, 0.1) is 17.1 Å². The van der Waals surface area contributed by atoms with Crippen LogP contribution in [0.25, 0.3) is 43.7 Å². The highest BCUT2D eigenvalue weighted by molar-refractivity contribution is 8.00. The molecule has 0 spiro atoms. The van der Waals surface area contributed by atoms with Gasteiger partial charge in [0, 0.05) is 22.0 Å². The van der Waals surface area contributed by atoms with Gasteiger partial charge in [-0.2, -0.15) is 0 Å². The molecule has 1 saturated heterocycles. The minimum Gasteiger partial charge on any atom is -0.353 e. The summed E-state index contributed by atoms with van der Waals surface area (Å²) in [6, 6.07) is 37.9. The van der Waals surface area contributed by atoms with Crippen LogP contribution in [-0.2, 0) is 4.79 Å². The second kappa shape index (κ2) is 8.03. The summed E-state index contributed by atoms with van der Waals surface area (Å²) in [4.78, 5) is 19.3. The quantitative estimate of drug-likeness (QED) is 0.267. The number of benzene rings is 5. The fourth-order valence-electron chi connectivity index (χ4n) is 5.39. The van der Waals surface area contributed by atoms with Crippen molar-refractivity contribution in [2.75, 3.05) is 10.7 Å². The number of hydrogen-bond donors (Lipinski definition) is 1. The average Bonchev–Trinajstić information content (AvgIpc) is 3.47. The van der Waals surface area contributed by atoms with Crippen molar-refractivity contribution in [2.45, 2.75) is 5.37 Å². The summed E-state index contributed by atoms with van der Waals surface area (Å²) in [5.41, 5.74) is 5.26. The van der Waals surface area contributed by atoms with Gasteiger partial charge in [-0.1, -0.05) is 97.1 Å². The van der Waals surface area contributed by atoms with Gasteiger partial charge < -0.3 is 4.98 Å². The number of carbonyl (C=O) groups is 1. The maximum Gasteiger partial charge on any atom is 0.238 e. The minimum atomic E-state index is -0.125. The third kappa shape index (κ3) is 3.17. The monoisotopic (exact) mass is 470 g/mol. The summed E-state index contributed by atoms with van der Waals surface area (Å²) in [6.07, 6.45) is 0. The first-order valence-electron chi connectivity index (χ1n) is 11.8. The van der Waals surface area contributed by atoms with Gasteiger partial charge >= 0.3 is 0 Å². The third-order valence-corrected chi connectivity index (χ3v) is 8.09. The first-order chi connectivity index (χ1) is 17.3. The van der Waals surface area contributed by atoms with Crippen molar-refractivity contribution in [3.05, 3.63) is 115 Å². The number of H-pyrrole nitrogens is 1. The lowest BCUT2D eigenvalue weighted by Gasteiger charge is -2.27. The summed E-state index contributed by atoms with van der Waals surface area (Å²) in [7, 11) is 0. The highest BCUT2D eigenvalue weighted by Crippen LogP contribution is 2.50. The fraction of sp³-hybridized carbons (Fsp3) is 0.0645. The van der Waals surface area contributed by atoms with Gasteiger partial charge in [-0.3, -0.25) is 9.69 Å². The Morgan fingerprint density at radius 1 is 0.714 bits per heavy atom. The molecule has 1 amide bonds. The number of rotatable bonds is 3. The number of fused-ring (bicyclic) bond motifs is 3. The highest BCUT2D eigenvalue weighted by atomic mass is 32.2. The molecule has 1 aromatic heterocycles. The predicted molar refractivity (Wildman–Crippen MR) is 148 cm³/mol. The Morgan fingerprint density at radius 2 is 1.31 bits per heavy atom. The maximum absolute atomic E-state index is 13.6. The van der Waals surface area contributed by atoms with Crippen LogP contribution < -0.4 is 4.90 Å². The number of aromatic amines is 1. The Bertz CT molecular complexity index is 1680. The van der Waals surface area contributed by atoms with Gasteiger partial charge in [-0.25, -0.2) is 0 Å². The Kier molecular flexibility index (Phi) is 4.67. The van der Waals surface area contributed by atoms with Crippen molar-refractivity contribution in [2.24, 2.45) is 0 Å². The van der Waals surface area contributed by atoms with Crippen molar-refractivity contribution in [3.63, 3.8) is 0 Å². The van der Waals surface area contributed by atoms with Crippen LogP contribution in [0.15, 0.2) is 109 Å². The Labute approximate surface area is 207 Å². The van der Waals surface area contributed by atoms with Gasteiger partial charge in [-0.15, -0.1) is 11.8 Å². The normalized spacial score (nSPS) is 16.1. The van der Waals surface area contributed by atoms with Crippen LogP contribution in [0.2, 0.25) is 0 Å². The maximum atomic E-state index is 13.6. The molecule has 1 atom stereocenters. The number of nitrogens with zero attached hydrogens (tertiary/aromatic N) is 1. The zero-order chi connectivity index (χ0) is 23.4. The number of para-hydroxylation sites is 1. The van der Waals surface area contributed by atoms with E-state index < -0.39 is 0 Å². The standard InChI is InChI=1S/C31H22N2OS/c34-27-19-35-31(28-23-14-6-4-12-21(23)18-22-13-5-7-15-24(22)28)33(27)30-25-16-8-9-17-26(25)32-29(30)20-10-2-1-3-11-20/h1-18,31-32H,19H2. The van der Waals surface area contributed by atoms with E-state index >= 15 is 0 Å². The summed E-state index contributed by atoms with van der Waals surface area (Å²) in [5.74, 6) is 0.592. The number of carbonyl (C=O) groups excluding carboxylic acids is 1. The van der Waals surface area contributed by atoms with E-state index in [4.69, 9.17) is 0 Å². The molecule has 0 bridgehead atoms. The van der Waals surface area contributed by atoms with Crippen molar-refractivity contribution in [1.82, 2.24) is 4.98 Å². The van der Waals surface area contributed by atoms with Gasteiger partial charge in [0.2, 0.25) is 5.91 Å². The van der Waals surface area contributed by atoms with E-state index in [0.29, 0.717) is 5.75 Å².